The number of ether oxygens (including phenoxy) is 1. The Morgan fingerprint density at radius 1 is 1.24 bits per heavy atom. The first-order valence-corrected chi connectivity index (χ1v) is 6.33. The Morgan fingerprint density at radius 3 is 2.59 bits per heavy atom. The predicted molar refractivity (Wildman–Crippen MR) is 70.5 cm³/mol. The Hall–Kier alpha value is -1.07. The first-order valence-electron chi connectivity index (χ1n) is 4.74. The lowest BCUT2D eigenvalue weighted by molar-refractivity contribution is 0.103. The summed E-state index contributed by atoms with van der Waals surface area (Å²) in [6, 6.07) is 6.90. The average molecular weight is 360 g/mol. The molecule has 0 saturated carbocycles. The second kappa shape index (κ2) is 5.06. The van der Waals surface area contributed by atoms with E-state index in [2.05, 4.69) is 31.9 Å². The summed E-state index contributed by atoms with van der Waals surface area (Å²) in [5, 5.41) is 0. The number of ketones is 1. The summed E-state index contributed by atoms with van der Waals surface area (Å²) in [5.74, 6) is 0.384. The van der Waals surface area contributed by atoms with Crippen LogP contribution in [0.15, 0.2) is 44.1 Å². The minimum Gasteiger partial charge on any atom is -0.496 e. The molecule has 0 fully saturated rings. The molecule has 0 spiro atoms. The lowest BCUT2D eigenvalue weighted by atomic mass is 10.1. The van der Waals surface area contributed by atoms with E-state index in [0.29, 0.717) is 21.5 Å². The second-order valence-electron chi connectivity index (χ2n) is 3.28. The number of carbonyl (C=O) groups is 1. The minimum absolute atomic E-state index is 0.149. The molecule has 88 valence electrons. The van der Waals surface area contributed by atoms with Crippen molar-refractivity contribution in [2.45, 2.75) is 0 Å². The van der Waals surface area contributed by atoms with Gasteiger partial charge in [-0.1, -0.05) is 15.9 Å². The highest BCUT2D eigenvalue weighted by molar-refractivity contribution is 9.10. The van der Waals surface area contributed by atoms with E-state index in [4.69, 9.17) is 9.15 Å². The molecule has 3 nitrogen and oxygen atoms in total. The van der Waals surface area contributed by atoms with E-state index in [1.165, 1.54) is 13.4 Å². The van der Waals surface area contributed by atoms with E-state index in [-0.39, 0.29) is 5.78 Å². The minimum atomic E-state index is -0.149. The zero-order valence-electron chi connectivity index (χ0n) is 8.87. The largest absolute Gasteiger partial charge is 0.496 e. The van der Waals surface area contributed by atoms with Crippen LogP contribution in [0.5, 0.6) is 5.75 Å². The normalized spacial score (nSPS) is 10.3. The van der Waals surface area contributed by atoms with Gasteiger partial charge in [-0.25, -0.2) is 0 Å². The van der Waals surface area contributed by atoms with Gasteiger partial charge in [-0.3, -0.25) is 4.79 Å². The number of carbonyl (C=O) groups excluding carboxylic acids is 1. The molecule has 0 saturated heterocycles. The molecule has 2 aromatic rings. The molecule has 1 aromatic heterocycles. The molecule has 0 bridgehead atoms. The van der Waals surface area contributed by atoms with Crippen LogP contribution in [-0.2, 0) is 0 Å². The molecule has 2 rings (SSSR count). The van der Waals surface area contributed by atoms with E-state index in [0.717, 1.165) is 4.47 Å². The Kier molecular flexibility index (Phi) is 3.69. The van der Waals surface area contributed by atoms with Gasteiger partial charge in [-0.15, -0.1) is 0 Å². The van der Waals surface area contributed by atoms with Crippen molar-refractivity contribution in [3.63, 3.8) is 0 Å². The third kappa shape index (κ3) is 2.45. The molecule has 0 aliphatic carbocycles. The summed E-state index contributed by atoms with van der Waals surface area (Å²) in [6.45, 7) is 0. The van der Waals surface area contributed by atoms with Gasteiger partial charge < -0.3 is 9.15 Å². The van der Waals surface area contributed by atoms with Gasteiger partial charge in [0.05, 0.1) is 24.5 Å². The first-order chi connectivity index (χ1) is 8.13. The van der Waals surface area contributed by atoms with Gasteiger partial charge in [-0.05, 0) is 40.2 Å². The molecule has 1 heterocycles. The number of hydrogen-bond donors (Lipinski definition) is 0. The molecule has 0 amide bonds. The van der Waals surface area contributed by atoms with Crippen LogP contribution in [0.1, 0.15) is 15.9 Å². The van der Waals surface area contributed by atoms with E-state index in [1.54, 1.807) is 18.2 Å². The van der Waals surface area contributed by atoms with Gasteiger partial charge >= 0.3 is 0 Å². The fourth-order valence-corrected chi connectivity index (χ4v) is 2.24. The topological polar surface area (TPSA) is 39.4 Å². The first kappa shape index (κ1) is 12.4. The van der Waals surface area contributed by atoms with Crippen LogP contribution in [0, 0.1) is 0 Å². The lowest BCUT2D eigenvalue weighted by Crippen LogP contribution is -2.03. The Labute approximate surface area is 115 Å². The van der Waals surface area contributed by atoms with Gasteiger partial charge in [0.2, 0.25) is 5.78 Å². The molecule has 17 heavy (non-hydrogen) atoms. The summed E-state index contributed by atoms with van der Waals surface area (Å²) in [7, 11) is 1.53. The van der Waals surface area contributed by atoms with Gasteiger partial charge in [0, 0.05) is 4.47 Å². The van der Waals surface area contributed by atoms with Crippen molar-refractivity contribution >= 4 is 37.6 Å². The van der Waals surface area contributed by atoms with Crippen LogP contribution in [0.25, 0.3) is 0 Å². The molecule has 0 radical (unpaired) electrons. The average Bonchev–Trinajstić information content (AvgIpc) is 2.74. The van der Waals surface area contributed by atoms with Crippen molar-refractivity contribution in [3.05, 3.63) is 50.8 Å². The highest BCUT2D eigenvalue weighted by Crippen LogP contribution is 2.28. The highest BCUT2D eigenvalue weighted by atomic mass is 79.9. The number of benzene rings is 1. The van der Waals surface area contributed by atoms with Gasteiger partial charge in [0.15, 0.2) is 4.67 Å². The molecule has 0 aliphatic rings. The molecule has 0 aliphatic heterocycles. The number of methoxy groups -OCH3 is 1. The second-order valence-corrected chi connectivity index (χ2v) is 4.92. The Morgan fingerprint density at radius 2 is 2.00 bits per heavy atom. The fraction of sp³-hybridized carbons (Fsp3) is 0.0833. The van der Waals surface area contributed by atoms with Crippen LogP contribution >= 0.6 is 31.9 Å². The molecule has 5 heteroatoms. The molecular weight excluding hydrogens is 352 g/mol. The van der Waals surface area contributed by atoms with Gasteiger partial charge in [-0.2, -0.15) is 0 Å². The van der Waals surface area contributed by atoms with Crippen molar-refractivity contribution in [1.82, 2.24) is 0 Å². The summed E-state index contributed by atoms with van der Waals surface area (Å²) in [5.41, 5.74) is 0.963. The summed E-state index contributed by atoms with van der Waals surface area (Å²) >= 11 is 6.52. The van der Waals surface area contributed by atoms with Crippen LogP contribution in [-0.4, -0.2) is 12.9 Å². The lowest BCUT2D eigenvalue weighted by Gasteiger charge is -2.07. The maximum absolute atomic E-state index is 12.3. The van der Waals surface area contributed by atoms with Crippen molar-refractivity contribution in [2.24, 2.45) is 0 Å². The number of furan rings is 1. The molecule has 0 N–H and O–H groups in total. The summed E-state index contributed by atoms with van der Waals surface area (Å²) < 4.78 is 11.5. The van der Waals surface area contributed by atoms with Crippen LogP contribution < -0.4 is 4.74 Å². The molecular formula is C12H8Br2O3. The number of rotatable bonds is 3. The van der Waals surface area contributed by atoms with E-state index in [9.17, 15) is 4.79 Å². The van der Waals surface area contributed by atoms with Crippen molar-refractivity contribution in [3.8, 4) is 5.75 Å². The third-order valence-electron chi connectivity index (χ3n) is 2.27. The number of hydrogen-bond acceptors (Lipinski definition) is 3. The third-order valence-corrected chi connectivity index (χ3v) is 3.38. The smallest absolute Gasteiger partial charge is 0.201 e. The standard InChI is InChI=1S/C12H8Br2O3/c1-16-10-3-2-7(13)6-9(10)11(15)8-4-5-17-12(8)14/h2-6H,1H3. The zero-order chi connectivity index (χ0) is 12.4. The van der Waals surface area contributed by atoms with Gasteiger partial charge in [0.1, 0.15) is 5.75 Å². The molecule has 1 aromatic carbocycles. The highest BCUT2D eigenvalue weighted by Gasteiger charge is 2.19. The SMILES string of the molecule is COc1ccc(Br)cc1C(=O)c1ccoc1Br. The van der Waals surface area contributed by atoms with Crippen molar-refractivity contribution in [2.75, 3.05) is 7.11 Å². The van der Waals surface area contributed by atoms with E-state index in [1.807, 2.05) is 6.07 Å². The maximum atomic E-state index is 12.3. The Balaban J connectivity index is 2.50. The monoisotopic (exact) mass is 358 g/mol. The molecule has 0 atom stereocenters. The predicted octanol–water partition coefficient (Wildman–Crippen LogP) is 4.04. The summed E-state index contributed by atoms with van der Waals surface area (Å²) in [4.78, 5) is 12.3. The van der Waals surface area contributed by atoms with Gasteiger partial charge in [0.25, 0.3) is 0 Å². The quantitative estimate of drug-likeness (QED) is 0.776. The molecule has 0 unspecified atom stereocenters. The van der Waals surface area contributed by atoms with Crippen molar-refractivity contribution in [1.29, 1.82) is 0 Å². The van der Waals surface area contributed by atoms with Crippen LogP contribution in [0.2, 0.25) is 0 Å². The van der Waals surface area contributed by atoms with Crippen molar-refractivity contribution < 1.29 is 13.9 Å². The maximum Gasteiger partial charge on any atom is 0.201 e. The number of halogens is 2. The van der Waals surface area contributed by atoms with E-state index >= 15 is 0 Å². The summed E-state index contributed by atoms with van der Waals surface area (Å²) in [6.07, 6.45) is 1.46. The fourth-order valence-electron chi connectivity index (χ4n) is 1.46. The van der Waals surface area contributed by atoms with E-state index < -0.39 is 0 Å². The zero-order valence-corrected chi connectivity index (χ0v) is 12.0. The Bertz CT molecular complexity index is 561. The van der Waals surface area contributed by atoms with Crippen LogP contribution in [0.4, 0.5) is 0 Å². The van der Waals surface area contributed by atoms with Crippen LogP contribution in [0.3, 0.4) is 0 Å².